The lowest BCUT2D eigenvalue weighted by Crippen LogP contribution is -2.25. The van der Waals surface area contributed by atoms with Gasteiger partial charge in [0.15, 0.2) is 0 Å². The van der Waals surface area contributed by atoms with Gasteiger partial charge in [0, 0.05) is 17.8 Å². The Morgan fingerprint density at radius 1 is 1.06 bits per heavy atom. The van der Waals surface area contributed by atoms with Crippen molar-refractivity contribution in [1.29, 1.82) is 0 Å². The number of hydrogen-bond donors (Lipinski definition) is 0. The predicted molar refractivity (Wildman–Crippen MR) is 77.5 cm³/mol. The Labute approximate surface area is 120 Å². The minimum absolute atomic E-state index is 0.704. The summed E-state index contributed by atoms with van der Waals surface area (Å²) in [4.78, 5) is 4.75. The summed E-state index contributed by atoms with van der Waals surface area (Å²) in [5.41, 5.74) is 2.78. The van der Waals surface area contributed by atoms with E-state index in [1.54, 1.807) is 0 Å². The fraction of sp³-hybridized carbons (Fsp3) is 0.643. The number of rotatable bonds is 0. The highest BCUT2D eigenvalue weighted by Gasteiger charge is 2.43. The zero-order chi connectivity index (χ0) is 11.6. The molecular weight excluding hydrogens is 345 g/mol. The zero-order valence-corrected chi connectivity index (χ0v) is 12.5. The van der Waals surface area contributed by atoms with Crippen molar-refractivity contribution in [3.05, 3.63) is 26.0 Å². The van der Waals surface area contributed by atoms with E-state index in [0.29, 0.717) is 11.8 Å². The lowest BCUT2D eigenvalue weighted by atomic mass is 9.67. The first-order valence-corrected chi connectivity index (χ1v) is 8.01. The molecule has 90 valence electrons. The molecule has 4 aliphatic rings. The van der Waals surface area contributed by atoms with E-state index in [9.17, 15) is 0 Å². The van der Waals surface area contributed by atoms with Crippen molar-refractivity contribution < 1.29 is 0 Å². The third-order valence-corrected chi connectivity index (χ3v) is 6.52. The molecule has 0 aromatic carbocycles. The maximum atomic E-state index is 6.57. The maximum Gasteiger partial charge on any atom is 0.0608 e. The Hall–Kier alpha value is 0.170. The molecule has 0 radical (unpaired) electrons. The van der Waals surface area contributed by atoms with Crippen LogP contribution in [0, 0.1) is 15.4 Å². The SMILES string of the molecule is Clc1c(I)cnc2c1C1CC3CC(CC2C3)C1. The van der Waals surface area contributed by atoms with E-state index < -0.39 is 0 Å². The van der Waals surface area contributed by atoms with Crippen molar-refractivity contribution in [2.45, 2.75) is 43.9 Å². The van der Waals surface area contributed by atoms with Crippen LogP contribution < -0.4 is 0 Å². The molecule has 5 rings (SSSR count). The molecule has 2 atom stereocenters. The molecule has 17 heavy (non-hydrogen) atoms. The molecule has 0 amide bonds. The van der Waals surface area contributed by atoms with Crippen LogP contribution in [0.5, 0.6) is 0 Å². The molecule has 0 saturated heterocycles. The molecule has 0 aliphatic heterocycles. The Balaban J connectivity index is 1.95. The van der Waals surface area contributed by atoms with Crippen LogP contribution in [0.2, 0.25) is 5.02 Å². The van der Waals surface area contributed by atoms with Crippen molar-refractivity contribution in [3.8, 4) is 0 Å². The standard InChI is InChI=1S/C14H15ClIN/c15-13-11(16)6-17-14-10-4-7-1-8(5-10)3-9(2-7)12(13)14/h6-10H,1-5H2. The normalized spacial score (nSPS) is 38.0. The summed E-state index contributed by atoms with van der Waals surface area (Å²) in [6.45, 7) is 0. The van der Waals surface area contributed by atoms with Gasteiger partial charge in [-0.3, -0.25) is 4.98 Å². The second kappa shape index (κ2) is 3.83. The molecule has 0 spiro atoms. The van der Waals surface area contributed by atoms with Gasteiger partial charge in [-0.15, -0.1) is 0 Å². The van der Waals surface area contributed by atoms with E-state index in [-0.39, 0.29) is 0 Å². The third kappa shape index (κ3) is 1.59. The van der Waals surface area contributed by atoms with Gasteiger partial charge >= 0.3 is 0 Å². The lowest BCUT2D eigenvalue weighted by Gasteiger charge is -2.38. The first-order valence-electron chi connectivity index (χ1n) is 6.56. The van der Waals surface area contributed by atoms with Gasteiger partial charge in [0.05, 0.1) is 8.59 Å². The van der Waals surface area contributed by atoms with Gasteiger partial charge in [-0.25, -0.2) is 0 Å². The predicted octanol–water partition coefficient (Wildman–Crippen LogP) is 4.73. The molecule has 0 N–H and O–H groups in total. The Morgan fingerprint density at radius 3 is 2.41 bits per heavy atom. The van der Waals surface area contributed by atoms with Crippen LogP contribution in [0.25, 0.3) is 0 Å². The van der Waals surface area contributed by atoms with Gasteiger partial charge in [-0.2, -0.15) is 0 Å². The largest absolute Gasteiger partial charge is 0.260 e. The second-order valence-electron chi connectivity index (χ2n) is 6.02. The van der Waals surface area contributed by atoms with Crippen molar-refractivity contribution in [2.24, 2.45) is 11.8 Å². The van der Waals surface area contributed by atoms with Crippen molar-refractivity contribution in [3.63, 3.8) is 0 Å². The first kappa shape index (κ1) is 11.0. The fourth-order valence-corrected chi connectivity index (χ4v) is 5.25. The van der Waals surface area contributed by atoms with Crippen LogP contribution in [0.15, 0.2) is 6.20 Å². The number of hydrogen-bond acceptors (Lipinski definition) is 1. The Kier molecular flexibility index (Phi) is 2.49. The molecule has 4 bridgehead atoms. The Morgan fingerprint density at radius 2 is 1.71 bits per heavy atom. The highest BCUT2D eigenvalue weighted by atomic mass is 127. The minimum atomic E-state index is 0.704. The van der Waals surface area contributed by atoms with E-state index in [4.69, 9.17) is 16.6 Å². The van der Waals surface area contributed by atoms with Crippen LogP contribution in [0.4, 0.5) is 0 Å². The van der Waals surface area contributed by atoms with Crippen molar-refractivity contribution >= 4 is 34.2 Å². The van der Waals surface area contributed by atoms with Gasteiger partial charge < -0.3 is 0 Å². The number of nitrogens with zero attached hydrogens (tertiary/aromatic N) is 1. The van der Waals surface area contributed by atoms with Gasteiger partial charge in [-0.05, 0) is 78.0 Å². The number of pyridine rings is 1. The van der Waals surface area contributed by atoms with Crippen LogP contribution in [0.1, 0.15) is 55.2 Å². The van der Waals surface area contributed by atoms with E-state index >= 15 is 0 Å². The molecule has 2 fully saturated rings. The highest BCUT2D eigenvalue weighted by molar-refractivity contribution is 14.1. The highest BCUT2D eigenvalue weighted by Crippen LogP contribution is 2.57. The average Bonchev–Trinajstić information content (AvgIpc) is 2.46. The summed E-state index contributed by atoms with van der Waals surface area (Å²) in [6, 6.07) is 0. The van der Waals surface area contributed by atoms with Gasteiger partial charge in [0.2, 0.25) is 0 Å². The van der Waals surface area contributed by atoms with E-state index in [2.05, 4.69) is 22.6 Å². The molecule has 3 heteroatoms. The van der Waals surface area contributed by atoms with Crippen LogP contribution in [-0.4, -0.2) is 4.98 Å². The summed E-state index contributed by atoms with van der Waals surface area (Å²) in [5.74, 6) is 3.30. The summed E-state index contributed by atoms with van der Waals surface area (Å²) in [5, 5.41) is 1.01. The van der Waals surface area contributed by atoms with E-state index in [1.165, 1.54) is 43.4 Å². The van der Waals surface area contributed by atoms with Crippen LogP contribution in [0.3, 0.4) is 0 Å². The van der Waals surface area contributed by atoms with Crippen molar-refractivity contribution in [2.75, 3.05) is 0 Å². The summed E-state index contributed by atoms with van der Waals surface area (Å²) in [7, 11) is 0. The molecule has 1 aromatic heterocycles. The molecule has 2 saturated carbocycles. The molecule has 1 nitrogen and oxygen atoms in total. The summed E-state index contributed by atoms with van der Waals surface area (Å²) >= 11 is 8.88. The van der Waals surface area contributed by atoms with Gasteiger partial charge in [0.1, 0.15) is 0 Å². The summed E-state index contributed by atoms with van der Waals surface area (Å²) < 4.78 is 1.13. The molecular formula is C14H15ClIN. The van der Waals surface area contributed by atoms with Crippen LogP contribution in [-0.2, 0) is 0 Å². The lowest BCUT2D eigenvalue weighted by molar-refractivity contribution is 0.165. The van der Waals surface area contributed by atoms with E-state index in [1.807, 2.05) is 6.20 Å². The quantitative estimate of drug-likeness (QED) is 0.610. The number of aromatic nitrogens is 1. The fourth-order valence-electron chi connectivity index (χ4n) is 4.52. The minimum Gasteiger partial charge on any atom is -0.260 e. The smallest absolute Gasteiger partial charge is 0.0608 e. The van der Waals surface area contributed by atoms with E-state index in [0.717, 1.165) is 20.4 Å². The van der Waals surface area contributed by atoms with Crippen LogP contribution >= 0.6 is 34.2 Å². The number of halogens is 2. The maximum absolute atomic E-state index is 6.57. The first-order chi connectivity index (χ1) is 8.22. The van der Waals surface area contributed by atoms with Gasteiger partial charge in [-0.1, -0.05) is 11.6 Å². The molecule has 1 heterocycles. The molecule has 2 unspecified atom stereocenters. The van der Waals surface area contributed by atoms with Gasteiger partial charge in [0.25, 0.3) is 0 Å². The molecule has 1 aromatic rings. The summed E-state index contributed by atoms with van der Waals surface area (Å²) in [6.07, 6.45) is 8.89. The van der Waals surface area contributed by atoms with Crippen molar-refractivity contribution in [1.82, 2.24) is 4.98 Å². The zero-order valence-electron chi connectivity index (χ0n) is 9.63. The molecule has 4 aliphatic carbocycles. The topological polar surface area (TPSA) is 12.9 Å². The monoisotopic (exact) mass is 359 g/mol. The average molecular weight is 360 g/mol. The Bertz CT molecular complexity index is 473. The third-order valence-electron chi connectivity index (χ3n) is 4.97. The second-order valence-corrected chi connectivity index (χ2v) is 7.56.